The molecule has 1 saturated carbocycles. The molecule has 1 aromatic carbocycles. The number of thiophene rings is 1. The zero-order chi connectivity index (χ0) is 20.4. The van der Waals surface area contributed by atoms with Gasteiger partial charge in [-0.2, -0.15) is 5.10 Å². The third-order valence-corrected chi connectivity index (χ3v) is 7.42. The molecule has 6 nitrogen and oxygen atoms in total. The van der Waals surface area contributed by atoms with E-state index in [1.165, 1.54) is 0 Å². The summed E-state index contributed by atoms with van der Waals surface area (Å²) in [6.45, 7) is 6.64. The highest BCUT2D eigenvalue weighted by Gasteiger charge is 2.29. The number of amides is 1. The summed E-state index contributed by atoms with van der Waals surface area (Å²) in [6.07, 6.45) is 2.93. The third kappa shape index (κ3) is 5.20. The molecular weight excluding hydrogens is 394 g/mol. The Labute approximate surface area is 170 Å². The van der Waals surface area contributed by atoms with Crippen LogP contribution in [0.1, 0.15) is 50.4 Å². The summed E-state index contributed by atoms with van der Waals surface area (Å²) in [5.74, 6) is 0.242. The smallest absolute Gasteiger partial charge is 0.271 e. The number of hydrazone groups is 1. The molecule has 0 saturated heterocycles. The Bertz CT molecular complexity index is 963. The molecule has 1 unspecified atom stereocenters. The van der Waals surface area contributed by atoms with Crippen molar-refractivity contribution in [3.05, 3.63) is 47.3 Å². The Hall–Kier alpha value is -2.19. The molecule has 1 amide bonds. The van der Waals surface area contributed by atoms with Crippen LogP contribution in [0.5, 0.6) is 0 Å². The minimum atomic E-state index is -3.60. The topological polar surface area (TPSA) is 87.6 Å². The fraction of sp³-hybridized carbons (Fsp3) is 0.400. The molecule has 0 radical (unpaired) electrons. The molecule has 1 aliphatic carbocycles. The van der Waals surface area contributed by atoms with Gasteiger partial charge in [-0.3, -0.25) is 9.52 Å². The summed E-state index contributed by atoms with van der Waals surface area (Å²) in [7, 11) is -3.60. The Balaban J connectivity index is 1.63. The number of anilines is 1. The van der Waals surface area contributed by atoms with Crippen molar-refractivity contribution >= 4 is 38.7 Å². The summed E-state index contributed by atoms with van der Waals surface area (Å²) in [6, 6.07) is 9.52. The van der Waals surface area contributed by atoms with Crippen LogP contribution in [0.4, 0.5) is 5.69 Å². The number of nitrogens with one attached hydrogen (secondary N) is 2. The van der Waals surface area contributed by atoms with E-state index in [0.29, 0.717) is 17.2 Å². The van der Waals surface area contributed by atoms with Gasteiger partial charge in [0, 0.05) is 17.0 Å². The van der Waals surface area contributed by atoms with Crippen molar-refractivity contribution in [3.8, 4) is 0 Å². The Kier molecular flexibility index (Phi) is 5.90. The molecule has 8 heteroatoms. The first-order valence-electron chi connectivity index (χ1n) is 9.17. The van der Waals surface area contributed by atoms with Crippen LogP contribution in [-0.2, 0) is 10.0 Å². The molecule has 3 rings (SSSR count). The molecule has 1 aromatic heterocycles. The van der Waals surface area contributed by atoms with Gasteiger partial charge in [-0.25, -0.2) is 13.8 Å². The Morgan fingerprint density at radius 1 is 1.21 bits per heavy atom. The summed E-state index contributed by atoms with van der Waals surface area (Å²) in [4.78, 5) is 12.4. The van der Waals surface area contributed by atoms with Gasteiger partial charge < -0.3 is 0 Å². The van der Waals surface area contributed by atoms with Gasteiger partial charge in [0.15, 0.2) is 0 Å². The summed E-state index contributed by atoms with van der Waals surface area (Å²) < 4.78 is 27.2. The molecule has 2 N–H and O–H groups in total. The highest BCUT2D eigenvalue weighted by molar-refractivity contribution is 7.94. The average molecular weight is 420 g/mol. The monoisotopic (exact) mass is 419 g/mol. The van der Waals surface area contributed by atoms with Crippen LogP contribution in [-0.4, -0.2) is 20.0 Å². The normalized spacial score (nSPS) is 20.7. The van der Waals surface area contributed by atoms with Crippen LogP contribution in [0.2, 0.25) is 0 Å². The van der Waals surface area contributed by atoms with E-state index in [-0.39, 0.29) is 15.5 Å². The van der Waals surface area contributed by atoms with Gasteiger partial charge in [-0.15, -0.1) is 11.3 Å². The van der Waals surface area contributed by atoms with Crippen LogP contribution in [0.25, 0.3) is 0 Å². The second kappa shape index (κ2) is 8.05. The first-order chi connectivity index (χ1) is 13.1. The van der Waals surface area contributed by atoms with Gasteiger partial charge >= 0.3 is 0 Å². The molecule has 1 fully saturated rings. The molecular formula is C20H25N3O3S2. The van der Waals surface area contributed by atoms with E-state index in [2.05, 4.69) is 36.0 Å². The van der Waals surface area contributed by atoms with Crippen molar-refractivity contribution in [2.45, 2.75) is 44.2 Å². The third-order valence-electron chi connectivity index (χ3n) is 4.64. The van der Waals surface area contributed by atoms with E-state index in [1.807, 2.05) is 0 Å². The lowest BCUT2D eigenvalue weighted by Crippen LogP contribution is -2.30. The van der Waals surface area contributed by atoms with E-state index >= 15 is 0 Å². The fourth-order valence-corrected chi connectivity index (χ4v) is 5.76. The highest BCUT2D eigenvalue weighted by atomic mass is 32.2. The van der Waals surface area contributed by atoms with E-state index < -0.39 is 10.0 Å². The van der Waals surface area contributed by atoms with Crippen LogP contribution in [0, 0.1) is 11.3 Å². The molecule has 150 valence electrons. The van der Waals surface area contributed by atoms with Gasteiger partial charge in [0.2, 0.25) is 0 Å². The predicted octanol–water partition coefficient (Wildman–Crippen LogP) is 4.48. The average Bonchev–Trinajstić information content (AvgIpc) is 3.14. The number of carbonyl (C=O) groups excluding carboxylic acids is 1. The number of nitrogens with zero attached hydrogens (tertiary/aromatic N) is 1. The van der Waals surface area contributed by atoms with E-state index in [4.69, 9.17) is 0 Å². The summed E-state index contributed by atoms with van der Waals surface area (Å²) in [5.41, 5.74) is 4.66. The Morgan fingerprint density at radius 2 is 1.93 bits per heavy atom. The van der Waals surface area contributed by atoms with Crippen molar-refractivity contribution in [3.63, 3.8) is 0 Å². The Morgan fingerprint density at radius 3 is 2.54 bits per heavy atom. The van der Waals surface area contributed by atoms with Crippen molar-refractivity contribution in [1.29, 1.82) is 0 Å². The lowest BCUT2D eigenvalue weighted by molar-refractivity contribution is 0.0954. The number of hydrogen-bond acceptors (Lipinski definition) is 5. The number of carbonyl (C=O) groups is 1. The van der Waals surface area contributed by atoms with E-state index in [1.54, 1.807) is 41.8 Å². The van der Waals surface area contributed by atoms with Crippen LogP contribution >= 0.6 is 11.3 Å². The standard InChI is InChI=1S/C20H25N3O3S2/c1-14-11-17(13-20(2,3)12-14)21-22-19(24)15-6-8-16(9-7-15)23-28(25,26)18-5-4-10-27-18/h4-10,14,23H,11-13H2,1-3H3,(H,22,24). The maximum Gasteiger partial charge on any atom is 0.271 e. The van der Waals surface area contributed by atoms with Gasteiger partial charge in [0.05, 0.1) is 0 Å². The maximum atomic E-state index is 12.4. The first-order valence-corrected chi connectivity index (χ1v) is 11.5. The SMILES string of the molecule is CC1CC(=NNC(=O)c2ccc(NS(=O)(=O)c3cccs3)cc2)CC(C)(C)C1. The summed E-state index contributed by atoms with van der Waals surface area (Å²) in [5, 5.41) is 6.03. The van der Waals surface area contributed by atoms with Crippen LogP contribution < -0.4 is 10.1 Å². The van der Waals surface area contributed by atoms with E-state index in [9.17, 15) is 13.2 Å². The van der Waals surface area contributed by atoms with Crippen LogP contribution in [0.15, 0.2) is 51.1 Å². The summed E-state index contributed by atoms with van der Waals surface area (Å²) >= 11 is 1.15. The lowest BCUT2D eigenvalue weighted by atomic mass is 9.72. The van der Waals surface area contributed by atoms with Crippen molar-refractivity contribution in [2.24, 2.45) is 16.4 Å². The van der Waals surface area contributed by atoms with Crippen LogP contribution in [0.3, 0.4) is 0 Å². The van der Waals surface area contributed by atoms with Gasteiger partial charge in [0.25, 0.3) is 15.9 Å². The first kappa shape index (κ1) is 20.5. The van der Waals surface area contributed by atoms with Crippen molar-refractivity contribution < 1.29 is 13.2 Å². The molecule has 1 atom stereocenters. The minimum Gasteiger partial charge on any atom is -0.279 e. The molecule has 0 aliphatic heterocycles. The van der Waals surface area contributed by atoms with Crippen molar-refractivity contribution in [2.75, 3.05) is 4.72 Å². The number of sulfonamides is 1. The molecule has 2 aromatic rings. The molecule has 28 heavy (non-hydrogen) atoms. The molecule has 0 bridgehead atoms. The lowest BCUT2D eigenvalue weighted by Gasteiger charge is -2.34. The quantitative estimate of drug-likeness (QED) is 0.701. The van der Waals surface area contributed by atoms with E-state index in [0.717, 1.165) is 36.3 Å². The fourth-order valence-electron chi connectivity index (χ4n) is 3.71. The van der Waals surface area contributed by atoms with Gasteiger partial charge in [0.1, 0.15) is 4.21 Å². The molecule has 1 aliphatic rings. The molecule has 0 spiro atoms. The molecule has 1 heterocycles. The van der Waals surface area contributed by atoms with Crippen molar-refractivity contribution in [1.82, 2.24) is 5.43 Å². The van der Waals surface area contributed by atoms with Gasteiger partial charge in [-0.1, -0.05) is 26.8 Å². The highest BCUT2D eigenvalue weighted by Crippen LogP contribution is 2.36. The number of hydrogen-bond donors (Lipinski definition) is 2. The number of rotatable bonds is 5. The second-order valence-electron chi connectivity index (χ2n) is 8.09. The maximum absolute atomic E-state index is 12.4. The minimum absolute atomic E-state index is 0.197. The largest absolute Gasteiger partial charge is 0.279 e. The second-order valence-corrected chi connectivity index (χ2v) is 10.9. The number of benzene rings is 1. The zero-order valence-corrected chi connectivity index (χ0v) is 17.9. The predicted molar refractivity (Wildman–Crippen MR) is 113 cm³/mol. The van der Waals surface area contributed by atoms with Gasteiger partial charge in [-0.05, 0) is 66.3 Å². The zero-order valence-electron chi connectivity index (χ0n) is 16.2.